The van der Waals surface area contributed by atoms with E-state index in [1.807, 2.05) is 0 Å². The summed E-state index contributed by atoms with van der Waals surface area (Å²) in [5.41, 5.74) is 6.81. The van der Waals surface area contributed by atoms with Crippen molar-refractivity contribution >= 4 is 11.9 Å². The number of carbonyl (C=O) groups excluding carboxylic acids is 1. The molecule has 3 N–H and O–H groups in total. The molecule has 1 aliphatic rings. The van der Waals surface area contributed by atoms with Gasteiger partial charge < -0.3 is 15.8 Å². The van der Waals surface area contributed by atoms with Crippen LogP contribution in [0.15, 0.2) is 6.20 Å². The maximum atomic E-state index is 11.7. The van der Waals surface area contributed by atoms with Gasteiger partial charge in [-0.25, -0.2) is 14.8 Å². The lowest BCUT2D eigenvalue weighted by molar-refractivity contribution is 0.0524. The summed E-state index contributed by atoms with van der Waals surface area (Å²) in [5, 5.41) is 3.33. The minimum Gasteiger partial charge on any atom is -0.462 e. The Kier molecular flexibility index (Phi) is 4.89. The van der Waals surface area contributed by atoms with Crippen LogP contribution in [0.3, 0.4) is 0 Å². The first-order chi connectivity index (χ1) is 9.65. The van der Waals surface area contributed by atoms with Gasteiger partial charge in [-0.05, 0) is 39.2 Å². The number of esters is 1. The highest BCUT2D eigenvalue weighted by Crippen LogP contribution is 2.26. The fourth-order valence-corrected chi connectivity index (χ4v) is 2.62. The summed E-state index contributed by atoms with van der Waals surface area (Å²) < 4.78 is 4.96. The Hall–Kier alpha value is -1.69. The Bertz CT molecular complexity index is 478. The molecule has 1 heterocycles. The van der Waals surface area contributed by atoms with E-state index in [0.717, 1.165) is 12.8 Å². The zero-order valence-corrected chi connectivity index (χ0v) is 12.1. The number of anilines is 1. The van der Waals surface area contributed by atoms with Gasteiger partial charge in [0.05, 0.1) is 17.9 Å². The number of hydrogen-bond donors (Lipinski definition) is 2. The maximum absolute atomic E-state index is 11.7. The minimum absolute atomic E-state index is 0.327. The van der Waals surface area contributed by atoms with Gasteiger partial charge in [0, 0.05) is 12.2 Å². The monoisotopic (exact) mass is 278 g/mol. The molecule has 0 bridgehead atoms. The molecular weight excluding hydrogens is 256 g/mol. The molecule has 1 aromatic heterocycles. The molecule has 0 radical (unpaired) electrons. The highest BCUT2D eigenvalue weighted by molar-refractivity contribution is 5.90. The van der Waals surface area contributed by atoms with Gasteiger partial charge in [-0.2, -0.15) is 0 Å². The van der Waals surface area contributed by atoms with E-state index < -0.39 is 0 Å². The molecule has 20 heavy (non-hydrogen) atoms. The van der Waals surface area contributed by atoms with Crippen molar-refractivity contribution in [2.24, 2.45) is 11.7 Å². The molecular formula is C14H22N4O2. The maximum Gasteiger partial charge on any atom is 0.341 e. The van der Waals surface area contributed by atoms with Crippen molar-refractivity contribution in [3.63, 3.8) is 0 Å². The van der Waals surface area contributed by atoms with Gasteiger partial charge in [0.2, 0.25) is 5.95 Å². The van der Waals surface area contributed by atoms with Crippen molar-refractivity contribution in [1.29, 1.82) is 0 Å². The van der Waals surface area contributed by atoms with Gasteiger partial charge in [-0.15, -0.1) is 0 Å². The molecule has 1 saturated carbocycles. The van der Waals surface area contributed by atoms with E-state index in [1.54, 1.807) is 13.8 Å². The Labute approximate surface area is 119 Å². The summed E-state index contributed by atoms with van der Waals surface area (Å²) in [6, 6.07) is 0.327. The van der Waals surface area contributed by atoms with Crippen molar-refractivity contribution in [1.82, 2.24) is 9.97 Å². The third kappa shape index (κ3) is 3.25. The van der Waals surface area contributed by atoms with E-state index in [1.165, 1.54) is 12.6 Å². The van der Waals surface area contributed by atoms with Gasteiger partial charge >= 0.3 is 5.97 Å². The lowest BCUT2D eigenvalue weighted by Gasteiger charge is -2.19. The molecule has 0 saturated heterocycles. The molecule has 2 atom stereocenters. The van der Waals surface area contributed by atoms with Crippen LogP contribution in [0, 0.1) is 12.8 Å². The van der Waals surface area contributed by atoms with Crippen molar-refractivity contribution in [3.8, 4) is 0 Å². The highest BCUT2D eigenvalue weighted by Gasteiger charge is 2.26. The smallest absolute Gasteiger partial charge is 0.341 e. The molecule has 1 fully saturated rings. The van der Waals surface area contributed by atoms with E-state index >= 15 is 0 Å². The van der Waals surface area contributed by atoms with E-state index in [9.17, 15) is 4.79 Å². The Balaban J connectivity index is 2.07. The number of aromatic nitrogens is 2. The van der Waals surface area contributed by atoms with Crippen molar-refractivity contribution < 1.29 is 9.53 Å². The fourth-order valence-electron chi connectivity index (χ4n) is 2.62. The zero-order chi connectivity index (χ0) is 14.5. The molecule has 0 spiro atoms. The molecule has 6 heteroatoms. The van der Waals surface area contributed by atoms with Gasteiger partial charge in [-0.1, -0.05) is 6.42 Å². The Morgan fingerprint density at radius 2 is 2.35 bits per heavy atom. The van der Waals surface area contributed by atoms with Crippen molar-refractivity contribution in [3.05, 3.63) is 17.5 Å². The Morgan fingerprint density at radius 1 is 1.55 bits per heavy atom. The van der Waals surface area contributed by atoms with E-state index in [-0.39, 0.29) is 5.97 Å². The summed E-state index contributed by atoms with van der Waals surface area (Å²) in [4.78, 5) is 20.2. The van der Waals surface area contributed by atoms with Gasteiger partial charge in [0.1, 0.15) is 0 Å². The fraction of sp³-hybridized carbons (Fsp3) is 0.643. The molecule has 1 aliphatic carbocycles. The van der Waals surface area contributed by atoms with Gasteiger partial charge in [0.15, 0.2) is 0 Å². The summed E-state index contributed by atoms with van der Waals surface area (Å²) in [6.45, 7) is 4.58. The summed E-state index contributed by atoms with van der Waals surface area (Å²) in [6.07, 6.45) is 4.94. The van der Waals surface area contributed by atoms with E-state index in [2.05, 4.69) is 15.3 Å². The second-order valence-corrected chi connectivity index (χ2v) is 5.09. The number of hydrogen-bond acceptors (Lipinski definition) is 6. The van der Waals surface area contributed by atoms with Gasteiger partial charge in [0.25, 0.3) is 0 Å². The normalized spacial score (nSPS) is 21.8. The van der Waals surface area contributed by atoms with Crippen LogP contribution in [0.2, 0.25) is 0 Å². The average molecular weight is 278 g/mol. The number of aryl methyl sites for hydroxylation is 1. The van der Waals surface area contributed by atoms with Crippen LogP contribution < -0.4 is 11.1 Å². The minimum atomic E-state index is -0.378. The molecule has 1 aromatic rings. The number of ether oxygens (including phenoxy) is 1. The quantitative estimate of drug-likeness (QED) is 0.793. The first-order valence-electron chi connectivity index (χ1n) is 7.13. The van der Waals surface area contributed by atoms with Gasteiger partial charge in [-0.3, -0.25) is 0 Å². The SMILES string of the molecule is CCOC(=O)c1cnc(NC2CCCC2CN)nc1C. The van der Waals surface area contributed by atoms with E-state index in [4.69, 9.17) is 10.5 Å². The topological polar surface area (TPSA) is 90.1 Å². The standard InChI is InChI=1S/C14H22N4O2/c1-3-20-13(19)11-8-16-14(17-9(11)2)18-12-6-4-5-10(12)7-15/h8,10,12H,3-7,15H2,1-2H3,(H,16,17,18). The molecule has 0 aromatic carbocycles. The lowest BCUT2D eigenvalue weighted by Crippen LogP contribution is -2.30. The number of nitrogens with one attached hydrogen (secondary N) is 1. The number of nitrogens with two attached hydrogens (primary N) is 1. The van der Waals surface area contributed by atoms with Crippen LogP contribution in [0.5, 0.6) is 0 Å². The van der Waals surface area contributed by atoms with Crippen molar-refractivity contribution in [2.75, 3.05) is 18.5 Å². The van der Waals surface area contributed by atoms with Crippen LogP contribution in [-0.2, 0) is 4.74 Å². The highest BCUT2D eigenvalue weighted by atomic mass is 16.5. The average Bonchev–Trinajstić information content (AvgIpc) is 2.86. The number of carbonyl (C=O) groups is 1. The Morgan fingerprint density at radius 3 is 3.00 bits per heavy atom. The lowest BCUT2D eigenvalue weighted by atomic mass is 10.0. The second-order valence-electron chi connectivity index (χ2n) is 5.09. The van der Waals surface area contributed by atoms with E-state index in [0.29, 0.717) is 42.3 Å². The van der Waals surface area contributed by atoms with Crippen LogP contribution in [0.4, 0.5) is 5.95 Å². The third-order valence-corrected chi connectivity index (χ3v) is 3.75. The summed E-state index contributed by atoms with van der Waals surface area (Å²) >= 11 is 0. The predicted octanol–water partition coefficient (Wildman–Crippen LogP) is 1.50. The predicted molar refractivity (Wildman–Crippen MR) is 76.5 cm³/mol. The molecule has 2 unspecified atom stereocenters. The summed E-state index contributed by atoms with van der Waals surface area (Å²) in [5.74, 6) is 0.654. The number of rotatable bonds is 5. The molecule has 6 nitrogen and oxygen atoms in total. The first kappa shape index (κ1) is 14.7. The molecule has 110 valence electrons. The molecule has 2 rings (SSSR count). The molecule has 0 amide bonds. The van der Waals surface area contributed by atoms with Crippen LogP contribution >= 0.6 is 0 Å². The number of nitrogens with zero attached hydrogens (tertiary/aromatic N) is 2. The van der Waals surface area contributed by atoms with Crippen LogP contribution in [-0.4, -0.2) is 35.1 Å². The zero-order valence-electron chi connectivity index (χ0n) is 12.1. The largest absolute Gasteiger partial charge is 0.462 e. The van der Waals surface area contributed by atoms with Crippen molar-refractivity contribution in [2.45, 2.75) is 39.2 Å². The molecule has 0 aliphatic heterocycles. The third-order valence-electron chi connectivity index (χ3n) is 3.75. The second kappa shape index (κ2) is 6.65. The van der Waals surface area contributed by atoms with Crippen LogP contribution in [0.25, 0.3) is 0 Å². The first-order valence-corrected chi connectivity index (χ1v) is 7.13. The van der Waals surface area contributed by atoms with Crippen LogP contribution in [0.1, 0.15) is 42.2 Å². The summed E-state index contributed by atoms with van der Waals surface area (Å²) in [7, 11) is 0.